The van der Waals surface area contributed by atoms with E-state index in [1.807, 2.05) is 41.1 Å². The highest BCUT2D eigenvalue weighted by molar-refractivity contribution is 7.08. The minimum atomic E-state index is 0.649. The first kappa shape index (κ1) is 13.3. The summed E-state index contributed by atoms with van der Waals surface area (Å²) in [6.45, 7) is 0. The molecule has 4 aromatic rings. The van der Waals surface area contributed by atoms with Gasteiger partial charge in [0.1, 0.15) is 0 Å². The van der Waals surface area contributed by atoms with Crippen LogP contribution in [0, 0.1) is 0 Å². The van der Waals surface area contributed by atoms with Crippen molar-refractivity contribution in [2.45, 2.75) is 0 Å². The van der Waals surface area contributed by atoms with E-state index >= 15 is 0 Å². The monoisotopic (exact) mass is 326 g/mol. The van der Waals surface area contributed by atoms with Crippen LogP contribution in [-0.2, 0) is 0 Å². The number of aromatic nitrogens is 3. The summed E-state index contributed by atoms with van der Waals surface area (Å²) in [6, 6.07) is 9.65. The summed E-state index contributed by atoms with van der Waals surface area (Å²) in [5, 5.41) is 8.06. The molecule has 4 rings (SSSR count). The third-order valence-corrected chi connectivity index (χ3v) is 4.38. The molecular formula is C16H11ClN4S. The van der Waals surface area contributed by atoms with Crippen molar-refractivity contribution in [2.75, 3.05) is 5.32 Å². The smallest absolute Gasteiger partial charge is 0.180 e. The predicted molar refractivity (Wildman–Crippen MR) is 91.0 cm³/mol. The van der Waals surface area contributed by atoms with Crippen LogP contribution in [-0.4, -0.2) is 14.4 Å². The molecular weight excluding hydrogens is 316 g/mol. The lowest BCUT2D eigenvalue weighted by Crippen LogP contribution is -1.98. The van der Waals surface area contributed by atoms with Crippen LogP contribution in [0.3, 0.4) is 0 Å². The van der Waals surface area contributed by atoms with E-state index in [-0.39, 0.29) is 0 Å². The molecule has 0 saturated carbocycles. The van der Waals surface area contributed by atoms with Gasteiger partial charge in [-0.15, -0.1) is 0 Å². The largest absolute Gasteiger partial charge is 0.336 e. The molecule has 4 nitrogen and oxygen atoms in total. The van der Waals surface area contributed by atoms with Crippen molar-refractivity contribution in [3.8, 4) is 11.3 Å². The lowest BCUT2D eigenvalue weighted by molar-refractivity contribution is 1.13. The van der Waals surface area contributed by atoms with Crippen molar-refractivity contribution >= 4 is 40.1 Å². The van der Waals surface area contributed by atoms with Gasteiger partial charge in [-0.3, -0.25) is 4.40 Å². The molecule has 3 aromatic heterocycles. The van der Waals surface area contributed by atoms with Crippen molar-refractivity contribution in [3.63, 3.8) is 0 Å². The molecule has 0 radical (unpaired) electrons. The van der Waals surface area contributed by atoms with E-state index in [4.69, 9.17) is 11.6 Å². The van der Waals surface area contributed by atoms with Crippen LogP contribution in [0.5, 0.6) is 0 Å². The Labute approximate surface area is 136 Å². The molecule has 3 heterocycles. The van der Waals surface area contributed by atoms with E-state index in [2.05, 4.69) is 32.1 Å². The number of halogens is 1. The minimum absolute atomic E-state index is 0.649. The molecule has 1 N–H and O–H groups in total. The third-order valence-electron chi connectivity index (χ3n) is 3.37. The standard InChI is InChI=1S/C16H11ClN4S/c17-12-3-1-2-4-13(12)20-15-16-19-9-14(11-5-8-22-10-11)21(16)7-6-18-15/h1-10H,(H,18,20). The second kappa shape index (κ2) is 5.44. The molecule has 6 heteroatoms. The van der Waals surface area contributed by atoms with Crippen LogP contribution in [0.2, 0.25) is 5.02 Å². The van der Waals surface area contributed by atoms with Crippen molar-refractivity contribution < 1.29 is 0 Å². The van der Waals surface area contributed by atoms with Crippen LogP contribution in [0.25, 0.3) is 16.9 Å². The van der Waals surface area contributed by atoms with Gasteiger partial charge in [0.05, 0.1) is 22.6 Å². The zero-order chi connectivity index (χ0) is 14.9. The fourth-order valence-corrected chi connectivity index (χ4v) is 3.15. The molecule has 0 bridgehead atoms. The van der Waals surface area contributed by atoms with E-state index in [1.165, 1.54) is 0 Å². The Balaban J connectivity index is 1.81. The summed E-state index contributed by atoms with van der Waals surface area (Å²) in [4.78, 5) is 8.89. The maximum atomic E-state index is 6.20. The van der Waals surface area contributed by atoms with E-state index in [1.54, 1.807) is 17.5 Å². The average molecular weight is 327 g/mol. The summed E-state index contributed by atoms with van der Waals surface area (Å²) in [6.07, 6.45) is 5.52. The fraction of sp³-hybridized carbons (Fsp3) is 0. The van der Waals surface area contributed by atoms with Gasteiger partial charge in [0.2, 0.25) is 0 Å². The Bertz CT molecular complexity index is 930. The second-order valence-electron chi connectivity index (χ2n) is 4.73. The SMILES string of the molecule is Clc1ccccc1Nc1nccn2c(-c3ccsc3)cnc12. The molecule has 0 fully saturated rings. The molecule has 0 aliphatic rings. The first-order valence-corrected chi connectivity index (χ1v) is 8.01. The number of benzene rings is 1. The Morgan fingerprint density at radius 1 is 1.14 bits per heavy atom. The van der Waals surface area contributed by atoms with Crippen LogP contribution >= 0.6 is 22.9 Å². The van der Waals surface area contributed by atoms with E-state index in [0.29, 0.717) is 10.8 Å². The van der Waals surface area contributed by atoms with Gasteiger partial charge in [-0.1, -0.05) is 23.7 Å². The molecule has 0 unspecified atom stereocenters. The van der Waals surface area contributed by atoms with E-state index in [9.17, 15) is 0 Å². The fourth-order valence-electron chi connectivity index (χ4n) is 2.32. The van der Waals surface area contributed by atoms with Gasteiger partial charge in [-0.05, 0) is 23.6 Å². The second-order valence-corrected chi connectivity index (χ2v) is 5.92. The maximum Gasteiger partial charge on any atom is 0.180 e. The molecule has 0 aliphatic carbocycles. The molecule has 0 aliphatic heterocycles. The summed E-state index contributed by atoms with van der Waals surface area (Å²) in [5.41, 5.74) is 3.77. The van der Waals surface area contributed by atoms with Crippen molar-refractivity contribution in [3.05, 3.63) is 64.7 Å². The number of hydrogen-bond donors (Lipinski definition) is 1. The number of hydrogen-bond acceptors (Lipinski definition) is 4. The lowest BCUT2D eigenvalue weighted by atomic mass is 10.3. The molecule has 0 amide bonds. The van der Waals surface area contributed by atoms with Crippen molar-refractivity contribution in [1.82, 2.24) is 14.4 Å². The first-order chi connectivity index (χ1) is 10.8. The Hall–Kier alpha value is -2.37. The number of anilines is 2. The zero-order valence-electron chi connectivity index (χ0n) is 11.4. The van der Waals surface area contributed by atoms with Gasteiger partial charge in [0.15, 0.2) is 11.5 Å². The quantitative estimate of drug-likeness (QED) is 0.585. The number of nitrogens with one attached hydrogen (secondary N) is 1. The highest BCUT2D eigenvalue weighted by atomic mass is 35.5. The first-order valence-electron chi connectivity index (χ1n) is 6.69. The number of para-hydroxylation sites is 1. The molecule has 108 valence electrons. The van der Waals surface area contributed by atoms with Crippen LogP contribution in [0.15, 0.2) is 59.7 Å². The summed E-state index contributed by atoms with van der Waals surface area (Å²) < 4.78 is 2.02. The van der Waals surface area contributed by atoms with E-state index in [0.717, 1.165) is 22.6 Å². The topological polar surface area (TPSA) is 42.2 Å². The van der Waals surface area contributed by atoms with Crippen LogP contribution < -0.4 is 5.32 Å². The number of imidazole rings is 1. The maximum absolute atomic E-state index is 6.20. The zero-order valence-corrected chi connectivity index (χ0v) is 13.0. The summed E-state index contributed by atoms with van der Waals surface area (Å²) >= 11 is 7.86. The number of thiophene rings is 1. The van der Waals surface area contributed by atoms with Crippen molar-refractivity contribution in [2.24, 2.45) is 0 Å². The van der Waals surface area contributed by atoms with Gasteiger partial charge >= 0.3 is 0 Å². The summed E-state index contributed by atoms with van der Waals surface area (Å²) in [5.74, 6) is 0.678. The molecule has 22 heavy (non-hydrogen) atoms. The van der Waals surface area contributed by atoms with Gasteiger partial charge in [-0.2, -0.15) is 11.3 Å². The molecule has 0 atom stereocenters. The highest BCUT2D eigenvalue weighted by Gasteiger charge is 2.11. The predicted octanol–water partition coefficient (Wildman–Crippen LogP) is 4.85. The summed E-state index contributed by atoms with van der Waals surface area (Å²) in [7, 11) is 0. The molecule has 0 saturated heterocycles. The normalized spacial score (nSPS) is 11.0. The molecule has 1 aromatic carbocycles. The van der Waals surface area contributed by atoms with E-state index < -0.39 is 0 Å². The lowest BCUT2D eigenvalue weighted by Gasteiger charge is -2.08. The van der Waals surface area contributed by atoms with Gasteiger partial charge in [0, 0.05) is 23.3 Å². The number of fused-ring (bicyclic) bond motifs is 1. The average Bonchev–Trinajstić information content (AvgIpc) is 3.18. The Morgan fingerprint density at radius 2 is 2.05 bits per heavy atom. The number of rotatable bonds is 3. The highest BCUT2D eigenvalue weighted by Crippen LogP contribution is 2.28. The minimum Gasteiger partial charge on any atom is -0.336 e. The Kier molecular flexibility index (Phi) is 3.29. The molecule has 0 spiro atoms. The van der Waals surface area contributed by atoms with Gasteiger partial charge < -0.3 is 5.32 Å². The van der Waals surface area contributed by atoms with Crippen molar-refractivity contribution in [1.29, 1.82) is 0 Å². The van der Waals surface area contributed by atoms with Crippen LogP contribution in [0.4, 0.5) is 11.5 Å². The Morgan fingerprint density at radius 3 is 2.86 bits per heavy atom. The van der Waals surface area contributed by atoms with Crippen LogP contribution in [0.1, 0.15) is 0 Å². The van der Waals surface area contributed by atoms with Gasteiger partial charge in [0.25, 0.3) is 0 Å². The number of nitrogens with zero attached hydrogens (tertiary/aromatic N) is 3. The third kappa shape index (κ3) is 2.24. The van der Waals surface area contributed by atoms with Gasteiger partial charge in [-0.25, -0.2) is 9.97 Å².